The van der Waals surface area contributed by atoms with Crippen molar-refractivity contribution in [1.82, 2.24) is 10.2 Å². The molecule has 1 unspecified atom stereocenters. The third kappa shape index (κ3) is 4.60. The molecule has 1 aromatic carbocycles. The molecule has 0 radical (unpaired) electrons. The molecular weight excluding hydrogens is 352 g/mol. The van der Waals surface area contributed by atoms with Gasteiger partial charge in [0.2, 0.25) is 0 Å². The van der Waals surface area contributed by atoms with Crippen LogP contribution in [0, 0.1) is 0 Å². The standard InChI is InChI=1S/C19H22N2O4S/c1-26(24)13-14-4-2-5-15(12-14)18(22)20-16-7-9-21(10-8-16)19(23)17-6-3-11-25-17/h2-6,11-12,16H,7-10,13H2,1H3,(H,20,22). The van der Waals surface area contributed by atoms with Crippen molar-refractivity contribution in [3.05, 3.63) is 59.5 Å². The van der Waals surface area contributed by atoms with Gasteiger partial charge in [0, 0.05) is 47.5 Å². The van der Waals surface area contributed by atoms with E-state index in [2.05, 4.69) is 5.32 Å². The monoisotopic (exact) mass is 374 g/mol. The lowest BCUT2D eigenvalue weighted by molar-refractivity contribution is 0.0667. The van der Waals surface area contributed by atoms with Crippen LogP contribution in [-0.2, 0) is 16.6 Å². The predicted octanol–water partition coefficient (Wildman–Crippen LogP) is 2.19. The summed E-state index contributed by atoms with van der Waals surface area (Å²) >= 11 is 0. The van der Waals surface area contributed by atoms with Crippen LogP contribution in [0.1, 0.15) is 39.3 Å². The van der Waals surface area contributed by atoms with Crippen molar-refractivity contribution in [2.75, 3.05) is 19.3 Å². The summed E-state index contributed by atoms with van der Waals surface area (Å²) in [6, 6.07) is 10.6. The number of carbonyl (C=O) groups is 2. The van der Waals surface area contributed by atoms with E-state index in [1.54, 1.807) is 35.4 Å². The molecule has 1 aromatic heterocycles. The van der Waals surface area contributed by atoms with Crippen LogP contribution in [0.15, 0.2) is 47.1 Å². The number of amides is 2. The molecular formula is C19H22N2O4S. The van der Waals surface area contributed by atoms with Crippen molar-refractivity contribution in [3.8, 4) is 0 Å². The average Bonchev–Trinajstić information content (AvgIpc) is 3.16. The van der Waals surface area contributed by atoms with E-state index in [1.807, 2.05) is 12.1 Å². The minimum absolute atomic E-state index is 0.0344. The zero-order valence-electron chi connectivity index (χ0n) is 14.6. The first-order valence-corrected chi connectivity index (χ1v) is 10.3. The minimum Gasteiger partial charge on any atom is -0.459 e. The quantitative estimate of drug-likeness (QED) is 0.870. The number of likely N-dealkylation sites (tertiary alicyclic amines) is 1. The summed E-state index contributed by atoms with van der Waals surface area (Å²) in [5.41, 5.74) is 1.46. The van der Waals surface area contributed by atoms with Crippen molar-refractivity contribution in [2.24, 2.45) is 0 Å². The Morgan fingerprint density at radius 1 is 1.23 bits per heavy atom. The van der Waals surface area contributed by atoms with Crippen LogP contribution in [0.2, 0.25) is 0 Å². The molecule has 0 aliphatic carbocycles. The highest BCUT2D eigenvalue weighted by Gasteiger charge is 2.26. The molecule has 138 valence electrons. The molecule has 7 heteroatoms. The Kier molecular flexibility index (Phi) is 5.88. The Bertz CT molecular complexity index is 796. The topological polar surface area (TPSA) is 79.6 Å². The second-order valence-electron chi connectivity index (χ2n) is 6.44. The number of carbonyl (C=O) groups excluding carboxylic acids is 2. The smallest absolute Gasteiger partial charge is 0.289 e. The predicted molar refractivity (Wildman–Crippen MR) is 99.3 cm³/mol. The molecule has 0 spiro atoms. The van der Waals surface area contributed by atoms with E-state index in [4.69, 9.17) is 4.42 Å². The van der Waals surface area contributed by atoms with Crippen LogP contribution in [0.4, 0.5) is 0 Å². The van der Waals surface area contributed by atoms with E-state index in [1.165, 1.54) is 6.26 Å². The second-order valence-corrected chi connectivity index (χ2v) is 7.87. The maximum absolute atomic E-state index is 12.5. The fourth-order valence-corrected chi connectivity index (χ4v) is 3.74. The first-order valence-electron chi connectivity index (χ1n) is 8.55. The van der Waals surface area contributed by atoms with Gasteiger partial charge in [0.05, 0.1) is 6.26 Å². The van der Waals surface area contributed by atoms with Crippen LogP contribution in [-0.4, -0.2) is 46.3 Å². The molecule has 0 bridgehead atoms. The van der Waals surface area contributed by atoms with Crippen LogP contribution in [0.25, 0.3) is 0 Å². The van der Waals surface area contributed by atoms with Gasteiger partial charge >= 0.3 is 0 Å². The van der Waals surface area contributed by atoms with Crippen molar-refractivity contribution < 1.29 is 18.2 Å². The van der Waals surface area contributed by atoms with Gasteiger partial charge in [0.25, 0.3) is 11.8 Å². The Hall–Kier alpha value is -2.41. The summed E-state index contributed by atoms with van der Waals surface area (Å²) in [7, 11) is -0.943. The molecule has 1 aliphatic heterocycles. The molecule has 1 aliphatic rings. The highest BCUT2D eigenvalue weighted by atomic mass is 32.2. The number of rotatable bonds is 5. The highest BCUT2D eigenvalue weighted by molar-refractivity contribution is 7.83. The summed E-state index contributed by atoms with van der Waals surface area (Å²) in [5, 5.41) is 3.03. The molecule has 0 saturated carbocycles. The van der Waals surface area contributed by atoms with Crippen molar-refractivity contribution >= 4 is 22.6 Å². The first kappa shape index (κ1) is 18.4. The van der Waals surface area contributed by atoms with E-state index in [9.17, 15) is 13.8 Å². The zero-order chi connectivity index (χ0) is 18.5. The fraction of sp³-hybridized carbons (Fsp3) is 0.368. The van der Waals surface area contributed by atoms with Crippen molar-refractivity contribution in [3.63, 3.8) is 0 Å². The Balaban J connectivity index is 1.53. The summed E-state index contributed by atoms with van der Waals surface area (Å²) in [6.45, 7) is 1.17. The van der Waals surface area contributed by atoms with Gasteiger partial charge in [-0.3, -0.25) is 13.8 Å². The Morgan fingerprint density at radius 3 is 2.65 bits per heavy atom. The lowest BCUT2D eigenvalue weighted by Crippen LogP contribution is -2.46. The molecule has 2 aromatic rings. The SMILES string of the molecule is CS(=O)Cc1cccc(C(=O)NC2CCN(C(=O)c3ccco3)CC2)c1. The van der Waals surface area contributed by atoms with Crippen LogP contribution < -0.4 is 5.32 Å². The number of hydrogen-bond donors (Lipinski definition) is 1. The van der Waals surface area contributed by atoms with Gasteiger partial charge in [-0.1, -0.05) is 12.1 Å². The summed E-state index contributed by atoms with van der Waals surface area (Å²) in [5.74, 6) is 0.538. The maximum atomic E-state index is 12.5. The van der Waals surface area contributed by atoms with Crippen LogP contribution >= 0.6 is 0 Å². The van der Waals surface area contributed by atoms with E-state index in [0.717, 1.165) is 5.56 Å². The fourth-order valence-electron chi connectivity index (χ4n) is 3.09. The van der Waals surface area contributed by atoms with E-state index >= 15 is 0 Å². The molecule has 1 atom stereocenters. The van der Waals surface area contributed by atoms with Crippen molar-refractivity contribution in [1.29, 1.82) is 0 Å². The number of piperidine rings is 1. The molecule has 2 heterocycles. The van der Waals surface area contributed by atoms with E-state index in [0.29, 0.717) is 43.0 Å². The maximum Gasteiger partial charge on any atom is 0.289 e. The number of benzene rings is 1. The zero-order valence-corrected chi connectivity index (χ0v) is 15.5. The normalized spacial score (nSPS) is 16.3. The number of nitrogens with zero attached hydrogens (tertiary/aromatic N) is 1. The van der Waals surface area contributed by atoms with Gasteiger partial charge in [-0.15, -0.1) is 0 Å². The van der Waals surface area contributed by atoms with E-state index in [-0.39, 0.29) is 17.9 Å². The lowest BCUT2D eigenvalue weighted by Gasteiger charge is -2.31. The lowest BCUT2D eigenvalue weighted by atomic mass is 10.0. The van der Waals surface area contributed by atoms with Gasteiger partial charge in [0.15, 0.2) is 5.76 Å². The Morgan fingerprint density at radius 2 is 2.00 bits per heavy atom. The van der Waals surface area contributed by atoms with Gasteiger partial charge in [-0.2, -0.15) is 0 Å². The van der Waals surface area contributed by atoms with Crippen LogP contribution in [0.3, 0.4) is 0 Å². The summed E-state index contributed by atoms with van der Waals surface area (Å²) < 4.78 is 16.5. The molecule has 3 rings (SSSR count). The highest BCUT2D eigenvalue weighted by Crippen LogP contribution is 2.15. The largest absolute Gasteiger partial charge is 0.459 e. The van der Waals surface area contributed by atoms with Gasteiger partial charge in [0.1, 0.15) is 0 Å². The Labute approximate surface area is 155 Å². The second kappa shape index (κ2) is 8.31. The summed E-state index contributed by atoms with van der Waals surface area (Å²) in [4.78, 5) is 26.5. The number of hydrogen-bond acceptors (Lipinski definition) is 4. The molecule has 1 N–H and O–H groups in total. The number of nitrogens with one attached hydrogen (secondary N) is 1. The van der Waals surface area contributed by atoms with Crippen molar-refractivity contribution in [2.45, 2.75) is 24.6 Å². The summed E-state index contributed by atoms with van der Waals surface area (Å²) in [6.07, 6.45) is 4.54. The molecule has 1 saturated heterocycles. The third-order valence-corrected chi connectivity index (χ3v) is 5.15. The van der Waals surface area contributed by atoms with Gasteiger partial charge in [-0.25, -0.2) is 0 Å². The molecule has 1 fully saturated rings. The molecule has 26 heavy (non-hydrogen) atoms. The molecule has 6 nitrogen and oxygen atoms in total. The number of furan rings is 1. The average molecular weight is 374 g/mol. The van der Waals surface area contributed by atoms with E-state index < -0.39 is 10.8 Å². The molecule has 2 amide bonds. The first-order chi connectivity index (χ1) is 12.5. The minimum atomic E-state index is -0.943. The third-order valence-electron chi connectivity index (χ3n) is 4.41. The van der Waals surface area contributed by atoms with Gasteiger partial charge in [-0.05, 0) is 42.7 Å². The van der Waals surface area contributed by atoms with Crippen LogP contribution in [0.5, 0.6) is 0 Å². The van der Waals surface area contributed by atoms with Gasteiger partial charge < -0.3 is 14.6 Å².